The van der Waals surface area contributed by atoms with Gasteiger partial charge in [0.25, 0.3) is 0 Å². The van der Waals surface area contributed by atoms with E-state index in [-0.39, 0.29) is 29.6 Å². The number of carbonyl (C=O) groups is 2. The summed E-state index contributed by atoms with van der Waals surface area (Å²) in [5, 5.41) is 8.97. The van der Waals surface area contributed by atoms with Crippen molar-refractivity contribution in [3.63, 3.8) is 0 Å². The van der Waals surface area contributed by atoms with Gasteiger partial charge in [-0.2, -0.15) is 8.42 Å². The first kappa shape index (κ1) is 18.6. The fourth-order valence-corrected chi connectivity index (χ4v) is 1.70. The third-order valence-electron chi connectivity index (χ3n) is 1.79. The molecule has 0 saturated heterocycles. The summed E-state index contributed by atoms with van der Waals surface area (Å²) in [7, 11) is -4.20. The van der Waals surface area contributed by atoms with Crippen molar-refractivity contribution in [3.05, 3.63) is 53.5 Å². The Hall–Kier alpha value is -1.41. The molecule has 0 aliphatic rings. The molecule has 0 bridgehead atoms. The maximum absolute atomic E-state index is 11.3. The first-order chi connectivity index (χ1) is 8.89. The van der Waals surface area contributed by atoms with Gasteiger partial charge in [0.05, 0.1) is 5.41 Å². The van der Waals surface area contributed by atoms with Crippen LogP contribution in [-0.2, 0) is 23.9 Å². The third-order valence-corrected chi connectivity index (χ3v) is 2.65. The molecule has 0 aromatic heterocycles. The summed E-state index contributed by atoms with van der Waals surface area (Å²) in [5.41, 5.74) is 0.614. The molecule has 0 spiro atoms. The number of hydrogen-bond acceptors (Lipinski definition) is 5. The van der Waals surface area contributed by atoms with Crippen LogP contribution in [0.1, 0.15) is 5.56 Å². The van der Waals surface area contributed by atoms with E-state index in [1.165, 1.54) is 6.08 Å². The van der Waals surface area contributed by atoms with E-state index < -0.39 is 22.1 Å². The first-order valence-corrected chi connectivity index (χ1v) is 6.49. The molecule has 0 aliphatic carbocycles. The van der Waals surface area contributed by atoms with E-state index in [4.69, 9.17) is 5.11 Å². The van der Waals surface area contributed by atoms with Crippen molar-refractivity contribution in [1.82, 2.24) is 0 Å². The zero-order valence-electron chi connectivity index (χ0n) is 9.59. The van der Waals surface area contributed by atoms with Crippen LogP contribution >= 0.6 is 0 Å². The van der Waals surface area contributed by atoms with Crippen molar-refractivity contribution in [2.75, 3.05) is 0 Å². The molecule has 0 heterocycles. The van der Waals surface area contributed by atoms with Crippen LogP contribution in [0.2, 0.25) is 0 Å². The Morgan fingerprint density at radius 2 is 1.70 bits per heavy atom. The minimum absolute atomic E-state index is 0. The average molecular weight is 306 g/mol. The van der Waals surface area contributed by atoms with Crippen LogP contribution in [0.25, 0.3) is 6.08 Å². The fourth-order valence-electron chi connectivity index (χ4n) is 1.04. The average Bonchev–Trinajstić information content (AvgIpc) is 2.35. The molecule has 1 N–H and O–H groups in total. The van der Waals surface area contributed by atoms with Gasteiger partial charge < -0.3 is 9.29 Å². The predicted molar refractivity (Wildman–Crippen MR) is 74.4 cm³/mol. The first-order valence-electron chi connectivity index (χ1n) is 5.02. The Kier molecular flexibility index (Phi) is 8.09. The topological polar surface area (TPSA) is 97.7 Å². The third kappa shape index (κ3) is 7.90. The SMILES string of the molecule is O=C(O)/C=C\C(=O)OS(=O)(=O)C=Cc1ccccc1.[NaH]. The van der Waals surface area contributed by atoms with Crippen LogP contribution in [0.5, 0.6) is 0 Å². The van der Waals surface area contributed by atoms with Gasteiger partial charge in [-0.3, -0.25) is 0 Å². The standard InChI is InChI=1S/C12H10O6S.Na.H/c13-11(14)6-7-12(15)18-19(16,17)9-8-10-4-2-1-3-5-10;;/h1-9H,(H,13,14);;/b7-6-,9-8?;;. The van der Waals surface area contributed by atoms with Gasteiger partial charge in [-0.05, 0) is 11.6 Å². The van der Waals surface area contributed by atoms with Crippen molar-refractivity contribution >= 4 is 57.7 Å². The molecule has 0 atom stereocenters. The molecule has 0 fully saturated rings. The summed E-state index contributed by atoms with van der Waals surface area (Å²) in [6, 6.07) is 8.53. The Labute approximate surface area is 138 Å². The Bertz CT molecular complexity index is 619. The molecule has 0 unspecified atom stereocenters. The number of carboxylic acid groups (broad SMARTS) is 1. The van der Waals surface area contributed by atoms with Crippen molar-refractivity contribution in [1.29, 1.82) is 0 Å². The van der Waals surface area contributed by atoms with E-state index >= 15 is 0 Å². The van der Waals surface area contributed by atoms with Crippen molar-refractivity contribution in [2.24, 2.45) is 0 Å². The van der Waals surface area contributed by atoms with Gasteiger partial charge in [-0.25, -0.2) is 9.59 Å². The number of rotatable bonds is 5. The summed E-state index contributed by atoms with van der Waals surface area (Å²) in [6.45, 7) is 0. The molecule has 0 saturated carbocycles. The summed E-state index contributed by atoms with van der Waals surface area (Å²) < 4.78 is 26.8. The van der Waals surface area contributed by atoms with Crippen LogP contribution < -0.4 is 0 Å². The van der Waals surface area contributed by atoms with Crippen molar-refractivity contribution < 1.29 is 27.3 Å². The second-order valence-corrected chi connectivity index (χ2v) is 4.70. The second-order valence-electron chi connectivity index (χ2n) is 3.28. The van der Waals surface area contributed by atoms with Crippen molar-refractivity contribution in [3.8, 4) is 0 Å². The van der Waals surface area contributed by atoms with Gasteiger partial charge in [-0.15, -0.1) is 0 Å². The van der Waals surface area contributed by atoms with E-state index in [9.17, 15) is 18.0 Å². The number of aliphatic carboxylic acids is 1. The Morgan fingerprint density at radius 3 is 2.25 bits per heavy atom. The molecule has 6 nitrogen and oxygen atoms in total. The summed E-state index contributed by atoms with van der Waals surface area (Å²) in [5.74, 6) is -2.66. The van der Waals surface area contributed by atoms with Gasteiger partial charge >= 0.3 is 51.6 Å². The number of hydrogen-bond donors (Lipinski definition) is 1. The monoisotopic (exact) mass is 306 g/mol. The second kappa shape index (κ2) is 8.70. The zero-order chi connectivity index (χ0) is 14.3. The minimum atomic E-state index is -4.20. The van der Waals surface area contributed by atoms with E-state index in [2.05, 4.69) is 4.18 Å². The molecular formula is C12H11NaO6S. The van der Waals surface area contributed by atoms with E-state index in [1.54, 1.807) is 30.3 Å². The molecule has 8 heteroatoms. The zero-order valence-corrected chi connectivity index (χ0v) is 10.4. The number of benzene rings is 1. The quantitative estimate of drug-likeness (QED) is 0.484. The van der Waals surface area contributed by atoms with Crippen LogP contribution in [0.4, 0.5) is 0 Å². The predicted octanol–water partition coefficient (Wildman–Crippen LogP) is 0.523. The molecule has 20 heavy (non-hydrogen) atoms. The fraction of sp³-hybridized carbons (Fsp3) is 0. The molecule has 0 aliphatic heterocycles. The van der Waals surface area contributed by atoms with E-state index in [0.29, 0.717) is 17.7 Å². The van der Waals surface area contributed by atoms with Crippen LogP contribution in [0.15, 0.2) is 47.9 Å². The molecule has 0 amide bonds. The van der Waals surface area contributed by atoms with Gasteiger partial charge in [0.2, 0.25) is 0 Å². The molecule has 102 valence electrons. The summed E-state index contributed by atoms with van der Waals surface area (Å²) >= 11 is 0. The van der Waals surface area contributed by atoms with Crippen LogP contribution in [-0.4, -0.2) is 55.0 Å². The van der Waals surface area contributed by atoms with Crippen molar-refractivity contribution in [2.45, 2.75) is 0 Å². The summed E-state index contributed by atoms with van der Waals surface area (Å²) in [4.78, 5) is 21.1. The van der Waals surface area contributed by atoms with Gasteiger partial charge in [0.1, 0.15) is 0 Å². The van der Waals surface area contributed by atoms with E-state index in [1.807, 2.05) is 0 Å². The molecular weight excluding hydrogens is 295 g/mol. The molecule has 1 aromatic carbocycles. The normalized spacial score (nSPS) is 11.2. The molecule has 1 aromatic rings. The van der Waals surface area contributed by atoms with Crippen LogP contribution in [0.3, 0.4) is 0 Å². The van der Waals surface area contributed by atoms with Crippen LogP contribution in [0, 0.1) is 0 Å². The molecule has 1 rings (SSSR count). The Morgan fingerprint density at radius 1 is 1.10 bits per heavy atom. The van der Waals surface area contributed by atoms with Gasteiger partial charge in [0, 0.05) is 12.2 Å². The number of carbonyl (C=O) groups excluding carboxylic acids is 1. The maximum atomic E-state index is 11.3. The molecule has 0 radical (unpaired) electrons. The number of carboxylic acids is 1. The van der Waals surface area contributed by atoms with E-state index in [0.717, 1.165) is 5.41 Å². The Balaban J connectivity index is 0.00000361. The summed E-state index contributed by atoms with van der Waals surface area (Å²) in [6.07, 6.45) is 2.25. The van der Waals surface area contributed by atoms with Gasteiger partial charge in [-0.1, -0.05) is 30.3 Å². The van der Waals surface area contributed by atoms with Gasteiger partial charge in [0.15, 0.2) is 0 Å².